The fourth-order valence-electron chi connectivity index (χ4n) is 5.34. The van der Waals surface area contributed by atoms with Crippen LogP contribution in [0.4, 0.5) is 10.1 Å². The number of halogens is 1. The van der Waals surface area contributed by atoms with Gasteiger partial charge in [-0.15, -0.1) is 0 Å². The van der Waals surface area contributed by atoms with Gasteiger partial charge < -0.3 is 19.7 Å². The third kappa shape index (κ3) is 5.06. The van der Waals surface area contributed by atoms with Crippen molar-refractivity contribution in [3.8, 4) is 11.3 Å². The molecule has 1 aliphatic heterocycles. The molecule has 7 heteroatoms. The zero-order chi connectivity index (χ0) is 27.1. The van der Waals surface area contributed by atoms with Gasteiger partial charge in [0, 0.05) is 43.3 Å². The molecule has 2 aromatic heterocycles. The number of imidazole rings is 1. The second-order valence-electron chi connectivity index (χ2n) is 10.7. The number of fused-ring (bicyclic) bond motifs is 1. The van der Waals surface area contributed by atoms with E-state index in [9.17, 15) is 9.90 Å². The van der Waals surface area contributed by atoms with Crippen molar-refractivity contribution < 1.29 is 14.3 Å². The van der Waals surface area contributed by atoms with Gasteiger partial charge in [0.1, 0.15) is 11.5 Å². The maximum absolute atomic E-state index is 15.1. The van der Waals surface area contributed by atoms with E-state index < -0.39 is 0 Å². The molecule has 200 valence electrons. The molecule has 2 N–H and O–H groups in total. The number of nitrogens with one attached hydrogen (secondary N) is 1. The zero-order valence-corrected chi connectivity index (χ0v) is 22.3. The van der Waals surface area contributed by atoms with E-state index in [0.717, 1.165) is 36.2 Å². The van der Waals surface area contributed by atoms with E-state index in [1.165, 1.54) is 22.8 Å². The summed E-state index contributed by atoms with van der Waals surface area (Å²) in [6.07, 6.45) is 8.22. The molecular formula is C32H33FN4O2. The highest BCUT2D eigenvalue weighted by Gasteiger charge is 2.29. The lowest BCUT2D eigenvalue weighted by atomic mass is 9.98. The summed E-state index contributed by atoms with van der Waals surface area (Å²) in [7, 11) is 0. The number of carbonyl (C=O) groups excluding carboxylic acids is 1. The van der Waals surface area contributed by atoms with Gasteiger partial charge in [0.05, 0.1) is 17.4 Å². The number of carbonyl (C=O) groups is 1. The fraction of sp³-hybridized carbons (Fsp3) is 0.312. The number of benzene rings is 2. The molecule has 2 fully saturated rings. The Morgan fingerprint density at radius 1 is 1.15 bits per heavy atom. The van der Waals surface area contributed by atoms with Crippen LogP contribution in [0.25, 0.3) is 22.5 Å². The van der Waals surface area contributed by atoms with E-state index in [0.29, 0.717) is 42.4 Å². The Labute approximate surface area is 227 Å². The van der Waals surface area contributed by atoms with Crippen molar-refractivity contribution in [3.63, 3.8) is 0 Å². The normalized spacial score (nSPS) is 16.0. The molecule has 6 nitrogen and oxygen atoms in total. The predicted molar refractivity (Wildman–Crippen MR) is 153 cm³/mol. The summed E-state index contributed by atoms with van der Waals surface area (Å²) < 4.78 is 17.0. The molecule has 39 heavy (non-hydrogen) atoms. The molecule has 4 aromatic rings. The van der Waals surface area contributed by atoms with Crippen LogP contribution in [0.5, 0.6) is 0 Å². The van der Waals surface area contributed by atoms with Crippen LogP contribution >= 0.6 is 0 Å². The quantitative estimate of drug-likeness (QED) is 0.315. The number of β-amino-alcohol motifs (C(OH)–C–C–N with tert-alkyl or cyclic N) is 1. The number of rotatable bonds is 8. The highest BCUT2D eigenvalue weighted by molar-refractivity contribution is 5.94. The lowest BCUT2D eigenvalue weighted by Crippen LogP contribution is -2.50. The Kier molecular flexibility index (Phi) is 6.69. The first-order valence-corrected chi connectivity index (χ1v) is 13.7. The highest BCUT2D eigenvalue weighted by Crippen LogP contribution is 2.42. The topological polar surface area (TPSA) is 69.9 Å². The standard InChI is InChI=1S/C32H33FN4O2/c1-3-20(2)26-7-5-4-6-21(26)12-13-34-32(39)23-14-28(22-8-9-22)31-35-30(19-37(31)16-23)27-11-10-24(15-29(27)33)36-17-25(38)18-36/h3-7,10-11,14-16,19,22,25,38H,8-9,12-13,17-18H2,1-2H3,(H,34,39)/b20-3-. The maximum Gasteiger partial charge on any atom is 0.252 e. The minimum Gasteiger partial charge on any atom is -0.389 e. The predicted octanol–water partition coefficient (Wildman–Crippen LogP) is 5.59. The van der Waals surface area contributed by atoms with E-state index in [1.54, 1.807) is 18.5 Å². The Morgan fingerprint density at radius 2 is 1.95 bits per heavy atom. The fourth-order valence-corrected chi connectivity index (χ4v) is 5.34. The van der Waals surface area contributed by atoms with Gasteiger partial charge in [0.15, 0.2) is 0 Å². The number of amides is 1. The molecule has 1 amide bonds. The molecule has 2 aromatic carbocycles. The van der Waals surface area contributed by atoms with Crippen molar-refractivity contribution in [2.75, 3.05) is 24.5 Å². The lowest BCUT2D eigenvalue weighted by molar-refractivity contribution is 0.0953. The number of anilines is 1. The van der Waals surface area contributed by atoms with Crippen LogP contribution in [0.1, 0.15) is 59.7 Å². The average molecular weight is 525 g/mol. The van der Waals surface area contributed by atoms with Gasteiger partial charge in [-0.25, -0.2) is 9.37 Å². The molecule has 1 saturated heterocycles. The first-order chi connectivity index (χ1) is 18.9. The second-order valence-corrected chi connectivity index (χ2v) is 10.7. The Balaban J connectivity index is 1.23. The third-order valence-corrected chi connectivity index (χ3v) is 7.87. The number of hydrogen-bond donors (Lipinski definition) is 2. The van der Waals surface area contributed by atoms with Gasteiger partial charge >= 0.3 is 0 Å². The number of aliphatic hydroxyl groups excluding tert-OH is 1. The van der Waals surface area contributed by atoms with E-state index >= 15 is 4.39 Å². The number of aromatic nitrogens is 2. The summed E-state index contributed by atoms with van der Waals surface area (Å²) in [5.41, 5.74) is 7.75. The van der Waals surface area contributed by atoms with Crippen LogP contribution in [0, 0.1) is 5.82 Å². The van der Waals surface area contributed by atoms with E-state index in [4.69, 9.17) is 4.98 Å². The van der Waals surface area contributed by atoms with Crippen molar-refractivity contribution in [2.45, 2.75) is 45.1 Å². The van der Waals surface area contributed by atoms with Gasteiger partial charge in [-0.3, -0.25) is 4.79 Å². The number of aliphatic hydroxyl groups is 1. The summed E-state index contributed by atoms with van der Waals surface area (Å²) in [5.74, 6) is -0.102. The molecule has 0 atom stereocenters. The smallest absolute Gasteiger partial charge is 0.252 e. The van der Waals surface area contributed by atoms with Gasteiger partial charge in [-0.2, -0.15) is 0 Å². The number of hydrogen-bond acceptors (Lipinski definition) is 4. The van der Waals surface area contributed by atoms with Crippen molar-refractivity contribution >= 4 is 22.8 Å². The molecular weight excluding hydrogens is 491 g/mol. The summed E-state index contributed by atoms with van der Waals surface area (Å²) in [6.45, 7) is 5.70. The van der Waals surface area contributed by atoms with Crippen molar-refractivity contribution in [1.29, 1.82) is 0 Å². The van der Waals surface area contributed by atoms with E-state index in [1.807, 2.05) is 40.5 Å². The molecule has 0 radical (unpaired) electrons. The maximum atomic E-state index is 15.1. The van der Waals surface area contributed by atoms with E-state index in [-0.39, 0.29) is 17.8 Å². The molecule has 1 aliphatic carbocycles. The molecule has 1 saturated carbocycles. The molecule has 0 bridgehead atoms. The van der Waals surface area contributed by atoms with Crippen molar-refractivity contribution in [1.82, 2.24) is 14.7 Å². The summed E-state index contributed by atoms with van der Waals surface area (Å²) in [5, 5.41) is 12.6. The zero-order valence-electron chi connectivity index (χ0n) is 22.3. The van der Waals surface area contributed by atoms with Crippen LogP contribution in [0.2, 0.25) is 0 Å². The van der Waals surface area contributed by atoms with Crippen molar-refractivity contribution in [2.24, 2.45) is 0 Å². The van der Waals surface area contributed by atoms with Crippen LogP contribution in [-0.4, -0.2) is 46.1 Å². The van der Waals surface area contributed by atoms with Gasteiger partial charge in [-0.1, -0.05) is 30.3 Å². The van der Waals surface area contributed by atoms with E-state index in [2.05, 4.69) is 30.4 Å². The minimum absolute atomic E-state index is 0.124. The third-order valence-electron chi connectivity index (χ3n) is 7.87. The monoisotopic (exact) mass is 524 g/mol. The molecule has 3 heterocycles. The van der Waals surface area contributed by atoms with Gasteiger partial charge in [0.2, 0.25) is 0 Å². The van der Waals surface area contributed by atoms with Crippen LogP contribution < -0.4 is 10.2 Å². The first kappa shape index (κ1) is 25.3. The molecule has 2 aliphatic rings. The van der Waals surface area contributed by atoms with Crippen LogP contribution in [-0.2, 0) is 6.42 Å². The summed E-state index contributed by atoms with van der Waals surface area (Å²) in [6, 6.07) is 15.4. The van der Waals surface area contributed by atoms with Crippen LogP contribution in [0.15, 0.2) is 67.0 Å². The first-order valence-electron chi connectivity index (χ1n) is 13.7. The lowest BCUT2D eigenvalue weighted by Gasteiger charge is -2.37. The largest absolute Gasteiger partial charge is 0.389 e. The second kappa shape index (κ2) is 10.3. The minimum atomic E-state index is -0.350. The Morgan fingerprint density at radius 3 is 2.67 bits per heavy atom. The number of nitrogens with zero attached hydrogens (tertiary/aromatic N) is 3. The SMILES string of the molecule is C/C=C(/C)c1ccccc1CCNC(=O)c1cc(C2CC2)c2nc(-c3ccc(N4CC(O)C4)cc3F)cn2c1. The van der Waals surface area contributed by atoms with Gasteiger partial charge in [-0.05, 0) is 85.6 Å². The average Bonchev–Trinajstić information content (AvgIpc) is 3.68. The highest BCUT2D eigenvalue weighted by atomic mass is 19.1. The molecule has 0 unspecified atom stereocenters. The Bertz CT molecular complexity index is 1580. The molecule has 6 rings (SSSR count). The number of allylic oxidation sites excluding steroid dienone is 2. The number of pyridine rings is 1. The van der Waals surface area contributed by atoms with Gasteiger partial charge in [0.25, 0.3) is 5.91 Å². The van der Waals surface area contributed by atoms with Crippen LogP contribution in [0.3, 0.4) is 0 Å². The summed E-state index contributed by atoms with van der Waals surface area (Å²) >= 11 is 0. The summed E-state index contributed by atoms with van der Waals surface area (Å²) in [4.78, 5) is 19.9. The molecule has 0 spiro atoms. The Hall–Kier alpha value is -3.97. The van der Waals surface area contributed by atoms with Crippen molar-refractivity contribution in [3.05, 3.63) is 95.1 Å².